The second kappa shape index (κ2) is 24.6. The molecule has 0 heterocycles. The van der Waals surface area contributed by atoms with Crippen molar-refractivity contribution in [3.8, 4) is 0 Å². The van der Waals surface area contributed by atoms with Gasteiger partial charge in [-0.05, 0) is 0 Å². The molecule has 0 atom stereocenters. The number of fused-ring (bicyclic) bond motifs is 1. The number of hydrogen-bond donors (Lipinski definition) is 0. The second-order valence-corrected chi connectivity index (χ2v) is 2.88. The van der Waals surface area contributed by atoms with Crippen molar-refractivity contribution in [3.63, 3.8) is 0 Å². The van der Waals surface area contributed by atoms with E-state index in [9.17, 15) is 0 Å². The molecule has 0 spiro atoms. The van der Waals surface area contributed by atoms with E-state index in [1.807, 2.05) is 24.3 Å². The average Bonchev–Trinajstić information content (AvgIpc) is 3.01. The Balaban J connectivity index is -0.0000000397. The predicted octanol–water partition coefficient (Wildman–Crippen LogP) is 5.41. The van der Waals surface area contributed by atoms with E-state index in [0.717, 1.165) is 6.42 Å². The number of rotatable bonds is 0. The summed E-state index contributed by atoms with van der Waals surface area (Å²) in [7, 11) is 0. The molecule has 0 saturated carbocycles. The average molecular weight is 376 g/mol. The van der Waals surface area contributed by atoms with Gasteiger partial charge in [0, 0.05) is 0 Å². The first-order chi connectivity index (χ1) is 7.47. The summed E-state index contributed by atoms with van der Waals surface area (Å²) in [6.45, 7) is 3.06. The van der Waals surface area contributed by atoms with E-state index in [-0.39, 0.29) is 44.6 Å². The zero-order valence-electron chi connectivity index (χ0n) is 14.3. The minimum absolute atomic E-state index is 0. The molecule has 3 aliphatic carbocycles. The zero-order valence-corrected chi connectivity index (χ0v) is 17.8. The molecule has 0 aromatic rings. The van der Waals surface area contributed by atoms with Crippen LogP contribution in [0.15, 0.2) is 59.8 Å². The molecule has 2 heteroatoms. The number of hydrogen-bond acceptors (Lipinski definition) is 0. The van der Waals surface area contributed by atoms with Crippen molar-refractivity contribution in [3.05, 3.63) is 116 Å². The summed E-state index contributed by atoms with van der Waals surface area (Å²) in [5.74, 6) is 0. The Bertz CT molecular complexity index is 346. The summed E-state index contributed by atoms with van der Waals surface area (Å²) in [6, 6.07) is 0. The molecule has 3 rings (SSSR count). The monoisotopic (exact) mass is 374 g/mol. The van der Waals surface area contributed by atoms with E-state index >= 15 is 0 Å². The Morgan fingerprint density at radius 1 is 0.857 bits per heavy atom. The van der Waals surface area contributed by atoms with Crippen molar-refractivity contribution in [2.45, 2.75) is 6.42 Å². The van der Waals surface area contributed by atoms with E-state index in [1.54, 1.807) is 0 Å². The molecule has 0 N–H and O–H groups in total. The van der Waals surface area contributed by atoms with Crippen LogP contribution in [0.25, 0.3) is 0 Å². The van der Waals surface area contributed by atoms with Crippen LogP contribution < -0.4 is 0 Å². The van der Waals surface area contributed by atoms with Gasteiger partial charge in [-0.25, -0.2) is 12.2 Å². The van der Waals surface area contributed by atoms with Crippen LogP contribution in [-0.2, 0) is 23.3 Å². The van der Waals surface area contributed by atoms with Gasteiger partial charge in [0.25, 0.3) is 0 Å². The van der Waals surface area contributed by atoms with Crippen LogP contribution in [0.4, 0.5) is 0 Å². The Morgan fingerprint density at radius 2 is 1.48 bits per heavy atom. The standard InChI is InChI=1S/C8H5.C5H5.6CH3.Si.Zr/c1-3-7-5-2-6-8(7)4-1;1-2-4-5-3-1;;;;;;;;/h1-5H;1-3H,4H2;6*1H3;;/q8*-1;;. The molecule has 0 amide bonds. The molecule has 0 aliphatic heterocycles. The minimum atomic E-state index is 0. The van der Waals surface area contributed by atoms with Gasteiger partial charge in [0.05, 0.1) is 0 Å². The van der Waals surface area contributed by atoms with Crippen molar-refractivity contribution >= 4 is 6.88 Å². The van der Waals surface area contributed by atoms with Crippen molar-refractivity contribution < 1.29 is 23.3 Å². The molecule has 120 valence electrons. The Morgan fingerprint density at radius 3 is 1.86 bits per heavy atom. The van der Waals surface area contributed by atoms with E-state index in [0.29, 0.717) is 0 Å². The summed E-state index contributed by atoms with van der Waals surface area (Å²) in [6.07, 6.45) is 23.3. The third-order valence-corrected chi connectivity index (χ3v) is 1.94. The first-order valence-corrected chi connectivity index (χ1v) is 8.81. The van der Waals surface area contributed by atoms with Crippen LogP contribution in [0.3, 0.4) is 0 Å². The van der Waals surface area contributed by atoms with Gasteiger partial charge in [0.2, 0.25) is 0 Å². The predicted molar refractivity (Wildman–Crippen MR) is 98.9 cm³/mol. The van der Waals surface area contributed by atoms with Gasteiger partial charge in [0.1, 0.15) is 0 Å². The molecule has 0 unspecified atom stereocenters. The SMILES string of the molecule is [C-]1=CC=C2C=CC=C12.[C-]1=CC=CC1.[CH3-].[CH3-].[CH3-].[CH3-].[CH3-].[CH3-].[Si]=[Zr]. The van der Waals surface area contributed by atoms with Gasteiger partial charge in [0.15, 0.2) is 0 Å². The third-order valence-electron chi connectivity index (χ3n) is 1.94. The molecule has 3 aliphatic rings. The zero-order chi connectivity index (χ0) is 10.9. The normalized spacial score (nSPS) is 12.3. The molecule has 0 bridgehead atoms. The maximum atomic E-state index is 3.10. The van der Waals surface area contributed by atoms with Crippen LogP contribution in [0.2, 0.25) is 0 Å². The molecule has 2 radical (unpaired) electrons. The molecule has 21 heavy (non-hydrogen) atoms. The van der Waals surface area contributed by atoms with E-state index in [1.165, 1.54) is 34.5 Å². The summed E-state index contributed by atoms with van der Waals surface area (Å²) >= 11 is 1.36. The summed E-state index contributed by atoms with van der Waals surface area (Å²) in [5.41, 5.74) is 2.52. The topological polar surface area (TPSA) is 0 Å². The van der Waals surface area contributed by atoms with Crippen molar-refractivity contribution in [1.29, 1.82) is 0 Å². The quantitative estimate of drug-likeness (QED) is 0.392. The summed E-state index contributed by atoms with van der Waals surface area (Å²) < 4.78 is 0. The van der Waals surface area contributed by atoms with Crippen LogP contribution in [-0.4, -0.2) is 6.88 Å². The van der Waals surface area contributed by atoms with Gasteiger partial charge in [-0.3, -0.25) is 6.08 Å². The Kier molecular flexibility index (Phi) is 43.4. The fourth-order valence-corrected chi connectivity index (χ4v) is 1.27. The third kappa shape index (κ3) is 14.2. The first-order valence-electron chi connectivity index (χ1n) is 4.62. The first kappa shape index (κ1) is 37.1. The van der Waals surface area contributed by atoms with Crippen LogP contribution >= 0.6 is 0 Å². The van der Waals surface area contributed by atoms with Crippen molar-refractivity contribution in [1.82, 2.24) is 0 Å². The van der Waals surface area contributed by atoms with Crippen LogP contribution in [0.1, 0.15) is 6.42 Å². The fraction of sp³-hybridized carbons (Fsp3) is 0.0526. The van der Waals surface area contributed by atoms with Crippen molar-refractivity contribution in [2.24, 2.45) is 0 Å². The maximum absolute atomic E-state index is 3.10. The van der Waals surface area contributed by atoms with Gasteiger partial charge >= 0.3 is 30.2 Å². The van der Waals surface area contributed by atoms with Crippen molar-refractivity contribution in [2.75, 3.05) is 0 Å². The molecule has 0 fully saturated rings. The molecule has 0 saturated heterocycles. The van der Waals surface area contributed by atoms with E-state index < -0.39 is 0 Å². The summed E-state index contributed by atoms with van der Waals surface area (Å²) in [4.78, 5) is 0. The van der Waals surface area contributed by atoms with Crippen LogP contribution in [0, 0.1) is 56.7 Å². The molecular weight excluding hydrogens is 348 g/mol. The second-order valence-electron chi connectivity index (χ2n) is 2.88. The molecular formula is C19H28SiZr-8. The summed E-state index contributed by atoms with van der Waals surface area (Å²) in [5, 5.41) is 0. The van der Waals surface area contributed by atoms with Crippen LogP contribution in [0.5, 0.6) is 0 Å². The van der Waals surface area contributed by atoms with Gasteiger partial charge in [-0.15, -0.1) is 36.3 Å². The molecule has 0 nitrogen and oxygen atoms in total. The van der Waals surface area contributed by atoms with E-state index in [2.05, 4.69) is 43.3 Å². The molecule has 0 aromatic heterocycles. The van der Waals surface area contributed by atoms with E-state index in [4.69, 9.17) is 0 Å². The number of allylic oxidation sites excluding steroid dienone is 12. The Hall–Kier alpha value is -0.460. The molecule has 0 aromatic carbocycles. The Labute approximate surface area is 152 Å². The van der Waals surface area contributed by atoms with Gasteiger partial charge in [-0.2, -0.15) is 23.8 Å². The van der Waals surface area contributed by atoms with Gasteiger partial charge < -0.3 is 44.6 Å². The fourth-order valence-electron chi connectivity index (χ4n) is 1.27. The van der Waals surface area contributed by atoms with Gasteiger partial charge in [-0.1, -0.05) is 0 Å².